The molecule has 0 spiro atoms. The zero-order chi connectivity index (χ0) is 31.7. The van der Waals surface area contributed by atoms with Crippen LogP contribution in [0.15, 0.2) is 47.4 Å². The van der Waals surface area contributed by atoms with Crippen molar-refractivity contribution in [1.29, 1.82) is 5.26 Å². The van der Waals surface area contributed by atoms with Crippen molar-refractivity contribution in [1.82, 2.24) is 19.8 Å². The fraction of sp³-hybridized carbons (Fsp3) is 0.424. The number of anilines is 1. The van der Waals surface area contributed by atoms with Crippen LogP contribution in [0.2, 0.25) is 0 Å². The Bertz CT molecular complexity index is 1730. The second-order valence-electron chi connectivity index (χ2n) is 11.9. The molecule has 10 nitrogen and oxygen atoms in total. The molecule has 2 N–H and O–H groups in total. The summed E-state index contributed by atoms with van der Waals surface area (Å²) in [5, 5.41) is 15.6. The van der Waals surface area contributed by atoms with Gasteiger partial charge in [0.05, 0.1) is 30.8 Å². The molecule has 2 aliphatic heterocycles. The number of nitrogens with zero attached hydrogens (tertiary/aromatic N) is 4. The Balaban J connectivity index is 1.29. The van der Waals surface area contributed by atoms with Crippen molar-refractivity contribution in [2.45, 2.75) is 63.6 Å². The first-order chi connectivity index (χ1) is 21.6. The van der Waals surface area contributed by atoms with Crippen LogP contribution in [0.4, 0.5) is 14.6 Å². The number of carbonyl (C=O) groups is 2. The Morgan fingerprint density at radius 1 is 1.13 bits per heavy atom. The average molecular weight is 617 g/mol. The van der Waals surface area contributed by atoms with Gasteiger partial charge in [0.2, 0.25) is 0 Å². The molecular formula is C33H34F2N6O4. The molecule has 1 atom stereocenters. The number of pyridine rings is 2. The molecule has 0 radical (unpaired) electrons. The standard InChI is InChI=1S/C33H34F2N6O4/c1-2-40-17-21(15-37-16-24-4-3-9-45-24)11-27(32(40)44)30(42)39-29-13-23(12-28(38-29)22-6-7-22)25-8-5-20(14-36)10-26(25)31(43)41-18-33(34,35)19-41/h5,8,10-13,17,22,24,37H,2-4,6-7,9,15-16,18-19H2,1H3,(H,38,39,42)/t24-/m0/s1. The number of halogens is 2. The minimum atomic E-state index is -2.94. The smallest absolute Gasteiger partial charge is 0.282 e. The van der Waals surface area contributed by atoms with Gasteiger partial charge in [0.15, 0.2) is 0 Å². The predicted octanol–water partition coefficient (Wildman–Crippen LogP) is 4.29. The van der Waals surface area contributed by atoms with Gasteiger partial charge in [-0.1, -0.05) is 6.07 Å². The molecule has 3 aliphatic rings. The van der Waals surface area contributed by atoms with E-state index >= 15 is 0 Å². The maximum Gasteiger partial charge on any atom is 0.282 e. The highest BCUT2D eigenvalue weighted by atomic mass is 19.3. The molecule has 2 amide bonds. The lowest BCUT2D eigenvalue weighted by Crippen LogP contribution is -2.58. The van der Waals surface area contributed by atoms with E-state index in [9.17, 15) is 28.4 Å². The van der Waals surface area contributed by atoms with E-state index in [1.54, 1.807) is 30.5 Å². The SMILES string of the molecule is CCn1cc(CNC[C@@H]2CCCO2)cc(C(=O)Nc2cc(-c3ccc(C#N)cc3C(=O)N3CC(F)(F)C3)cc(C3CC3)n2)c1=O. The summed E-state index contributed by atoms with van der Waals surface area (Å²) in [5.74, 6) is -3.80. The van der Waals surface area contributed by atoms with E-state index in [0.717, 1.165) is 42.8 Å². The molecule has 2 aromatic heterocycles. The number of rotatable bonds is 10. The maximum atomic E-state index is 13.6. The summed E-state index contributed by atoms with van der Waals surface area (Å²) >= 11 is 0. The van der Waals surface area contributed by atoms with Crippen LogP contribution in [-0.2, 0) is 17.8 Å². The van der Waals surface area contributed by atoms with Crippen LogP contribution in [0.3, 0.4) is 0 Å². The summed E-state index contributed by atoms with van der Waals surface area (Å²) in [5.41, 5.74) is 2.34. The summed E-state index contributed by atoms with van der Waals surface area (Å²) in [6, 6.07) is 11.6. The molecule has 1 aromatic carbocycles. The third-order valence-electron chi connectivity index (χ3n) is 8.36. The van der Waals surface area contributed by atoms with E-state index in [1.807, 2.05) is 19.1 Å². The molecule has 3 aromatic rings. The molecule has 0 bridgehead atoms. The number of aromatic nitrogens is 2. The van der Waals surface area contributed by atoms with E-state index in [-0.39, 0.29) is 34.5 Å². The molecule has 45 heavy (non-hydrogen) atoms. The number of nitriles is 1. The van der Waals surface area contributed by atoms with Crippen LogP contribution >= 0.6 is 0 Å². The summed E-state index contributed by atoms with van der Waals surface area (Å²) in [6.45, 7) is 2.73. The van der Waals surface area contributed by atoms with Crippen molar-refractivity contribution in [3.05, 3.63) is 80.9 Å². The van der Waals surface area contributed by atoms with E-state index in [0.29, 0.717) is 36.5 Å². The van der Waals surface area contributed by atoms with Crippen molar-refractivity contribution in [2.75, 3.05) is 31.6 Å². The second-order valence-corrected chi connectivity index (χ2v) is 11.9. The fourth-order valence-electron chi connectivity index (χ4n) is 5.79. The zero-order valence-electron chi connectivity index (χ0n) is 24.9. The predicted molar refractivity (Wildman–Crippen MR) is 162 cm³/mol. The van der Waals surface area contributed by atoms with Crippen molar-refractivity contribution >= 4 is 17.6 Å². The van der Waals surface area contributed by atoms with Gasteiger partial charge in [-0.15, -0.1) is 0 Å². The van der Waals surface area contributed by atoms with E-state index < -0.39 is 36.4 Å². The number of ether oxygens (including phenoxy) is 1. The van der Waals surface area contributed by atoms with Gasteiger partial charge in [0.1, 0.15) is 11.4 Å². The van der Waals surface area contributed by atoms with Gasteiger partial charge in [0, 0.05) is 49.6 Å². The Hall–Kier alpha value is -4.47. The van der Waals surface area contributed by atoms with Gasteiger partial charge in [-0.2, -0.15) is 5.26 Å². The van der Waals surface area contributed by atoms with Gasteiger partial charge in [-0.3, -0.25) is 14.4 Å². The molecule has 2 saturated heterocycles. The lowest BCUT2D eigenvalue weighted by Gasteiger charge is -2.39. The Kier molecular flexibility index (Phi) is 8.48. The highest BCUT2D eigenvalue weighted by molar-refractivity contribution is 6.05. The quantitative estimate of drug-likeness (QED) is 0.348. The van der Waals surface area contributed by atoms with Crippen molar-refractivity contribution < 1.29 is 23.1 Å². The van der Waals surface area contributed by atoms with Gasteiger partial charge in [-0.05, 0) is 79.6 Å². The summed E-state index contributed by atoms with van der Waals surface area (Å²) < 4.78 is 34.3. The molecule has 6 rings (SSSR count). The third kappa shape index (κ3) is 6.79. The number of likely N-dealkylation sites (tertiary alicyclic amines) is 1. The Morgan fingerprint density at radius 3 is 2.60 bits per heavy atom. The second kappa shape index (κ2) is 12.5. The maximum absolute atomic E-state index is 13.6. The van der Waals surface area contributed by atoms with Crippen LogP contribution in [-0.4, -0.2) is 64.5 Å². The van der Waals surface area contributed by atoms with Crippen LogP contribution in [0.25, 0.3) is 11.1 Å². The number of benzene rings is 1. The summed E-state index contributed by atoms with van der Waals surface area (Å²) in [6.07, 6.45) is 5.75. The number of carbonyl (C=O) groups excluding carboxylic acids is 2. The molecule has 234 valence electrons. The van der Waals surface area contributed by atoms with Crippen molar-refractivity contribution in [2.24, 2.45) is 0 Å². The van der Waals surface area contributed by atoms with Gasteiger partial charge in [0.25, 0.3) is 23.3 Å². The highest BCUT2D eigenvalue weighted by Gasteiger charge is 2.46. The molecule has 0 unspecified atom stereocenters. The topological polar surface area (TPSA) is 129 Å². The van der Waals surface area contributed by atoms with Crippen LogP contribution in [0.1, 0.15) is 76.1 Å². The monoisotopic (exact) mass is 616 g/mol. The minimum Gasteiger partial charge on any atom is -0.377 e. The van der Waals surface area contributed by atoms with E-state index in [2.05, 4.69) is 15.6 Å². The van der Waals surface area contributed by atoms with Gasteiger partial charge >= 0.3 is 0 Å². The lowest BCUT2D eigenvalue weighted by molar-refractivity contribution is -0.113. The number of hydrogen-bond donors (Lipinski definition) is 2. The zero-order valence-corrected chi connectivity index (χ0v) is 24.9. The van der Waals surface area contributed by atoms with E-state index in [4.69, 9.17) is 4.74 Å². The van der Waals surface area contributed by atoms with Crippen LogP contribution in [0, 0.1) is 11.3 Å². The summed E-state index contributed by atoms with van der Waals surface area (Å²) in [4.78, 5) is 45.7. The first-order valence-electron chi connectivity index (χ1n) is 15.2. The molecular weight excluding hydrogens is 582 g/mol. The molecule has 4 heterocycles. The van der Waals surface area contributed by atoms with Gasteiger partial charge < -0.3 is 24.8 Å². The molecule has 1 aliphatic carbocycles. The van der Waals surface area contributed by atoms with E-state index in [1.165, 1.54) is 10.6 Å². The average Bonchev–Trinajstić information content (AvgIpc) is 3.75. The lowest BCUT2D eigenvalue weighted by atomic mass is 9.95. The number of aryl methyl sites for hydroxylation is 1. The number of amides is 2. The minimum absolute atomic E-state index is 0.0265. The Morgan fingerprint density at radius 2 is 1.93 bits per heavy atom. The first-order valence-corrected chi connectivity index (χ1v) is 15.2. The van der Waals surface area contributed by atoms with Crippen LogP contribution < -0.4 is 16.2 Å². The third-order valence-corrected chi connectivity index (χ3v) is 8.36. The van der Waals surface area contributed by atoms with Crippen molar-refractivity contribution in [3.8, 4) is 17.2 Å². The molecule has 3 fully saturated rings. The van der Waals surface area contributed by atoms with Crippen LogP contribution in [0.5, 0.6) is 0 Å². The normalized spacial score (nSPS) is 18.7. The molecule has 1 saturated carbocycles. The largest absolute Gasteiger partial charge is 0.377 e. The number of alkyl halides is 2. The van der Waals surface area contributed by atoms with Gasteiger partial charge in [-0.25, -0.2) is 13.8 Å². The number of hydrogen-bond acceptors (Lipinski definition) is 7. The van der Waals surface area contributed by atoms with Crippen molar-refractivity contribution in [3.63, 3.8) is 0 Å². The first kappa shape index (κ1) is 30.6. The molecule has 12 heteroatoms. The highest BCUT2D eigenvalue weighted by Crippen LogP contribution is 2.41. The fourth-order valence-corrected chi connectivity index (χ4v) is 5.79. The number of nitrogens with one attached hydrogen (secondary N) is 2. The Labute approximate surface area is 259 Å². The summed E-state index contributed by atoms with van der Waals surface area (Å²) in [7, 11) is 0.